The van der Waals surface area contributed by atoms with Gasteiger partial charge in [-0.15, -0.1) is 0 Å². The van der Waals surface area contributed by atoms with Gasteiger partial charge in [0.05, 0.1) is 31.2 Å². The van der Waals surface area contributed by atoms with E-state index in [0.29, 0.717) is 30.6 Å². The Kier molecular flexibility index (Phi) is 8.71. The number of hydrogen-bond acceptors (Lipinski definition) is 11. The van der Waals surface area contributed by atoms with Crippen LogP contribution in [0.25, 0.3) is 11.2 Å². The number of hydrogen-bond donors (Lipinski definition) is 2. The number of ether oxygens (including phenoxy) is 3. The first-order valence-electron chi connectivity index (χ1n) is 11.9. The minimum absolute atomic E-state index is 0.264. The largest absolute Gasteiger partial charge is 0.462 e. The molecule has 3 rings (SSSR count). The van der Waals surface area contributed by atoms with Crippen LogP contribution >= 0.6 is 7.52 Å². The lowest BCUT2D eigenvalue weighted by Gasteiger charge is -2.28. The molecule has 36 heavy (non-hydrogen) atoms. The second-order valence-corrected chi connectivity index (χ2v) is 11.5. The Labute approximate surface area is 209 Å². The number of nitrogens with one attached hydrogen (secondary N) is 1. The molecular formula is C22H35N6O7P. The van der Waals surface area contributed by atoms with Crippen molar-refractivity contribution in [3.8, 4) is 0 Å². The molecule has 0 radical (unpaired) electrons. The van der Waals surface area contributed by atoms with E-state index in [0.717, 1.165) is 0 Å². The topological polar surface area (TPSA) is 170 Å². The molecule has 1 aliphatic rings. The van der Waals surface area contributed by atoms with E-state index in [1.165, 1.54) is 13.3 Å². The van der Waals surface area contributed by atoms with E-state index in [2.05, 4.69) is 20.0 Å². The van der Waals surface area contributed by atoms with Gasteiger partial charge in [0.2, 0.25) is 0 Å². The molecule has 0 aliphatic heterocycles. The van der Waals surface area contributed by atoms with Crippen molar-refractivity contribution in [3.05, 3.63) is 12.7 Å². The number of carbonyl (C=O) groups excluding carboxylic acids is 2. The number of nitrogens with zero attached hydrogens (tertiary/aromatic N) is 4. The van der Waals surface area contributed by atoms with Crippen LogP contribution in [0, 0.1) is 0 Å². The number of carbonyl (C=O) groups is 2. The van der Waals surface area contributed by atoms with Crippen LogP contribution in [0.2, 0.25) is 0 Å². The predicted molar refractivity (Wildman–Crippen MR) is 131 cm³/mol. The normalized spacial score (nSPS) is 18.1. The molecule has 14 heteroatoms. The Balaban J connectivity index is 1.72. The molecule has 0 amide bonds. The number of imidazole rings is 1. The van der Waals surface area contributed by atoms with E-state index in [1.54, 1.807) is 45.5 Å². The van der Waals surface area contributed by atoms with E-state index in [-0.39, 0.29) is 18.0 Å². The molecule has 1 saturated carbocycles. The number of nitrogen functional groups attached to an aromatic ring is 1. The lowest BCUT2D eigenvalue weighted by atomic mass is 10.3. The highest BCUT2D eigenvalue weighted by atomic mass is 31.2. The van der Waals surface area contributed by atoms with Gasteiger partial charge in [-0.05, 0) is 54.4 Å². The van der Waals surface area contributed by atoms with Crippen LogP contribution in [0.3, 0.4) is 0 Å². The number of rotatable bonds is 13. The maximum Gasteiger partial charge on any atom is 0.335 e. The van der Waals surface area contributed by atoms with Crippen molar-refractivity contribution in [2.75, 3.05) is 12.1 Å². The average molecular weight is 527 g/mol. The zero-order valence-electron chi connectivity index (χ0n) is 21.5. The summed E-state index contributed by atoms with van der Waals surface area (Å²) in [6.07, 6.45) is 1.04. The van der Waals surface area contributed by atoms with Crippen molar-refractivity contribution in [3.63, 3.8) is 0 Å². The van der Waals surface area contributed by atoms with Gasteiger partial charge in [0, 0.05) is 0 Å². The Bertz CT molecular complexity index is 1130. The van der Waals surface area contributed by atoms with Crippen molar-refractivity contribution in [1.29, 1.82) is 0 Å². The molecule has 3 atom stereocenters. The average Bonchev–Trinajstić information content (AvgIpc) is 3.44. The van der Waals surface area contributed by atoms with Gasteiger partial charge in [-0.2, -0.15) is 0 Å². The monoisotopic (exact) mass is 526 g/mol. The zero-order valence-corrected chi connectivity index (χ0v) is 22.4. The molecule has 1 aliphatic carbocycles. The van der Waals surface area contributed by atoms with Gasteiger partial charge in [0.1, 0.15) is 23.7 Å². The third kappa shape index (κ3) is 7.00. The summed E-state index contributed by atoms with van der Waals surface area (Å²) in [5.74, 6) is -0.925. The number of esters is 2. The van der Waals surface area contributed by atoms with E-state index < -0.39 is 43.6 Å². The summed E-state index contributed by atoms with van der Waals surface area (Å²) in [7, 11) is -3.87. The van der Waals surface area contributed by atoms with Gasteiger partial charge in [0.15, 0.2) is 17.6 Å². The van der Waals surface area contributed by atoms with Gasteiger partial charge in [-0.1, -0.05) is 0 Å². The van der Waals surface area contributed by atoms with Crippen LogP contribution in [-0.2, 0) is 39.4 Å². The van der Waals surface area contributed by atoms with Gasteiger partial charge < -0.3 is 29.0 Å². The maximum absolute atomic E-state index is 13.9. The third-order valence-corrected chi connectivity index (χ3v) is 7.21. The Morgan fingerprint density at radius 2 is 1.78 bits per heavy atom. The summed E-state index contributed by atoms with van der Waals surface area (Å²) in [4.78, 5) is 37.3. The summed E-state index contributed by atoms with van der Waals surface area (Å²) < 4.78 is 37.7. The molecule has 13 nitrogen and oxygen atoms in total. The number of anilines is 1. The van der Waals surface area contributed by atoms with Crippen LogP contribution in [-0.4, -0.2) is 67.8 Å². The lowest BCUT2D eigenvalue weighted by Crippen LogP contribution is -2.42. The summed E-state index contributed by atoms with van der Waals surface area (Å²) in [6.45, 7) is 10.4. The minimum atomic E-state index is -3.87. The highest BCUT2D eigenvalue weighted by Crippen LogP contribution is 2.52. The molecule has 2 aromatic heterocycles. The summed E-state index contributed by atoms with van der Waals surface area (Å²) in [5.41, 5.74) is 5.70. The van der Waals surface area contributed by atoms with Crippen LogP contribution in [0.4, 0.5) is 5.82 Å². The summed E-state index contributed by atoms with van der Waals surface area (Å²) in [5, 5.41) is 2.85. The third-order valence-electron chi connectivity index (χ3n) is 5.29. The first kappa shape index (κ1) is 28.0. The van der Waals surface area contributed by atoms with Crippen LogP contribution in [0.15, 0.2) is 12.7 Å². The minimum Gasteiger partial charge on any atom is -0.462 e. The Morgan fingerprint density at radius 3 is 2.39 bits per heavy atom. The first-order valence-corrected chi connectivity index (χ1v) is 13.7. The van der Waals surface area contributed by atoms with Crippen molar-refractivity contribution in [2.24, 2.45) is 0 Å². The quantitative estimate of drug-likeness (QED) is 0.289. The number of fused-ring (bicyclic) bond motifs is 1. The molecule has 1 fully saturated rings. The zero-order chi connectivity index (χ0) is 26.7. The fourth-order valence-corrected chi connectivity index (χ4v) is 5.64. The van der Waals surface area contributed by atoms with E-state index in [9.17, 15) is 14.2 Å². The molecule has 2 heterocycles. The molecule has 2 aromatic rings. The van der Waals surface area contributed by atoms with Gasteiger partial charge in [-0.25, -0.2) is 24.8 Å². The van der Waals surface area contributed by atoms with Crippen LogP contribution in [0.5, 0.6) is 0 Å². The van der Waals surface area contributed by atoms with Crippen LogP contribution < -0.4 is 10.8 Å². The van der Waals surface area contributed by atoms with Crippen molar-refractivity contribution < 1.29 is 32.9 Å². The highest BCUT2D eigenvalue weighted by molar-refractivity contribution is 7.56. The highest BCUT2D eigenvalue weighted by Gasteiger charge is 2.56. The van der Waals surface area contributed by atoms with E-state index >= 15 is 0 Å². The second kappa shape index (κ2) is 11.2. The van der Waals surface area contributed by atoms with Gasteiger partial charge >= 0.3 is 11.9 Å². The molecule has 0 spiro atoms. The molecule has 200 valence electrons. The summed E-state index contributed by atoms with van der Waals surface area (Å²) >= 11 is 0. The Hall–Kier alpha value is -2.60. The van der Waals surface area contributed by atoms with Gasteiger partial charge in [0.25, 0.3) is 7.52 Å². The predicted octanol–water partition coefficient (Wildman–Crippen LogP) is 2.39. The first-order chi connectivity index (χ1) is 16.8. The van der Waals surface area contributed by atoms with Crippen molar-refractivity contribution >= 4 is 36.4 Å². The summed E-state index contributed by atoms with van der Waals surface area (Å²) in [6, 6.07) is 0. The second-order valence-electron chi connectivity index (χ2n) is 9.49. The standard InChI is InChI=1S/C22H35N6O7P/c1-13(2)33-20(29)16(6)35-36(31,27-22(7-8-22)21(30)34-14(3)4)12-32-15(5)9-28-11-26-17-18(23)24-10-25-19(17)28/h10-11,13-16H,7-9,12H2,1-6H3,(H,27,31)(H2,23,24,25)/t15-,16+,36+/m1/s1. The van der Waals surface area contributed by atoms with Crippen LogP contribution in [0.1, 0.15) is 54.4 Å². The molecule has 0 unspecified atom stereocenters. The molecule has 0 bridgehead atoms. The molecule has 0 aromatic carbocycles. The smallest absolute Gasteiger partial charge is 0.335 e. The van der Waals surface area contributed by atoms with E-state index in [4.69, 9.17) is 24.5 Å². The molecule has 3 N–H and O–H groups in total. The molecule has 0 saturated heterocycles. The molecular weight excluding hydrogens is 491 g/mol. The van der Waals surface area contributed by atoms with Crippen molar-refractivity contribution in [1.82, 2.24) is 24.6 Å². The fourth-order valence-electron chi connectivity index (χ4n) is 3.44. The number of aromatic nitrogens is 4. The maximum atomic E-state index is 13.9. The van der Waals surface area contributed by atoms with E-state index in [1.807, 2.05) is 0 Å². The number of nitrogens with two attached hydrogens (primary N) is 1. The lowest BCUT2D eigenvalue weighted by molar-refractivity contribution is -0.155. The van der Waals surface area contributed by atoms with Gasteiger partial charge in [-0.3, -0.25) is 9.36 Å². The SMILES string of the molecule is CC(C)OC(=O)[C@H](C)O[P@@](=O)(CO[C@H](C)Cn1cnc2c(N)ncnc21)NC1(C(=O)OC(C)C)CC1. The Morgan fingerprint density at radius 1 is 1.11 bits per heavy atom. The fraction of sp³-hybridized carbons (Fsp3) is 0.682. The van der Waals surface area contributed by atoms with Crippen molar-refractivity contribution in [2.45, 2.75) is 90.9 Å².